The third kappa shape index (κ3) is 1.95. The zero-order valence-electron chi connectivity index (χ0n) is 10.1. The van der Waals surface area contributed by atoms with Crippen molar-refractivity contribution >= 4 is 5.78 Å². The van der Waals surface area contributed by atoms with Crippen molar-refractivity contribution in [1.82, 2.24) is 0 Å². The van der Waals surface area contributed by atoms with Crippen molar-refractivity contribution < 1.29 is 4.79 Å². The van der Waals surface area contributed by atoms with E-state index in [0.29, 0.717) is 18.1 Å². The highest BCUT2D eigenvalue weighted by Gasteiger charge is 2.32. The molecule has 0 N–H and O–H groups in total. The molecule has 1 atom stereocenters. The van der Waals surface area contributed by atoms with E-state index >= 15 is 0 Å². The molecular formula is C16H18O. The summed E-state index contributed by atoms with van der Waals surface area (Å²) >= 11 is 0. The van der Waals surface area contributed by atoms with Gasteiger partial charge in [-0.25, -0.2) is 0 Å². The maximum absolute atomic E-state index is 12.1. The monoisotopic (exact) mass is 226 g/mol. The van der Waals surface area contributed by atoms with Crippen LogP contribution in [0.15, 0.2) is 41.5 Å². The predicted octanol–water partition coefficient (Wildman–Crippen LogP) is 4.00. The highest BCUT2D eigenvalue weighted by atomic mass is 16.1. The average molecular weight is 226 g/mol. The van der Waals surface area contributed by atoms with Gasteiger partial charge in [0.1, 0.15) is 0 Å². The number of carbonyl (C=O) groups excluding carboxylic acids is 1. The standard InChI is InChI=1S/C16H18O/c17-16-11-15(12-7-3-1-4-8-12)13-9-5-2-6-10-14(13)16/h1,3-4,7-8,15H,2,5-6,9-11H2. The molecule has 3 rings (SSSR count). The molecule has 1 aromatic rings. The quantitative estimate of drug-likeness (QED) is 0.707. The van der Waals surface area contributed by atoms with E-state index in [0.717, 1.165) is 12.8 Å². The van der Waals surface area contributed by atoms with E-state index < -0.39 is 0 Å². The second-order valence-corrected chi connectivity index (χ2v) is 5.16. The Morgan fingerprint density at radius 2 is 1.71 bits per heavy atom. The maximum atomic E-state index is 12.1. The van der Waals surface area contributed by atoms with Gasteiger partial charge in [0.2, 0.25) is 0 Å². The number of rotatable bonds is 1. The minimum atomic E-state index is 0.386. The van der Waals surface area contributed by atoms with Crippen LogP contribution in [0.1, 0.15) is 50.0 Å². The Kier molecular flexibility index (Phi) is 2.84. The minimum absolute atomic E-state index is 0.386. The summed E-state index contributed by atoms with van der Waals surface area (Å²) in [6.45, 7) is 0. The van der Waals surface area contributed by atoms with E-state index in [9.17, 15) is 4.79 Å². The second-order valence-electron chi connectivity index (χ2n) is 5.16. The lowest BCUT2D eigenvalue weighted by Gasteiger charge is -2.14. The van der Waals surface area contributed by atoms with Crippen molar-refractivity contribution in [3.05, 3.63) is 47.0 Å². The molecular weight excluding hydrogens is 208 g/mol. The topological polar surface area (TPSA) is 17.1 Å². The van der Waals surface area contributed by atoms with Gasteiger partial charge in [-0.1, -0.05) is 42.3 Å². The molecule has 0 heterocycles. The summed E-state index contributed by atoms with van der Waals surface area (Å²) in [4.78, 5) is 12.1. The van der Waals surface area contributed by atoms with Crippen LogP contribution >= 0.6 is 0 Å². The Morgan fingerprint density at radius 1 is 0.941 bits per heavy atom. The summed E-state index contributed by atoms with van der Waals surface area (Å²) < 4.78 is 0. The molecule has 0 radical (unpaired) electrons. The van der Waals surface area contributed by atoms with Crippen molar-refractivity contribution in [2.45, 2.75) is 44.4 Å². The molecule has 17 heavy (non-hydrogen) atoms. The van der Waals surface area contributed by atoms with Crippen LogP contribution in [0.5, 0.6) is 0 Å². The molecule has 88 valence electrons. The van der Waals surface area contributed by atoms with Gasteiger partial charge in [0, 0.05) is 12.3 Å². The zero-order valence-corrected chi connectivity index (χ0v) is 10.1. The van der Waals surface area contributed by atoms with Gasteiger partial charge in [-0.3, -0.25) is 4.79 Å². The molecule has 0 fully saturated rings. The van der Waals surface area contributed by atoms with Gasteiger partial charge in [0.25, 0.3) is 0 Å². The maximum Gasteiger partial charge on any atom is 0.159 e. The smallest absolute Gasteiger partial charge is 0.159 e. The first-order valence-corrected chi connectivity index (χ1v) is 6.66. The lowest BCUT2D eigenvalue weighted by molar-refractivity contribution is -0.115. The van der Waals surface area contributed by atoms with E-state index in [4.69, 9.17) is 0 Å². The molecule has 1 heteroatoms. The van der Waals surface area contributed by atoms with Gasteiger partial charge >= 0.3 is 0 Å². The Morgan fingerprint density at radius 3 is 2.53 bits per heavy atom. The first kappa shape index (κ1) is 10.8. The molecule has 2 aliphatic carbocycles. The fraction of sp³-hybridized carbons (Fsp3) is 0.438. The van der Waals surface area contributed by atoms with Crippen LogP contribution in [0.3, 0.4) is 0 Å². The number of benzene rings is 1. The summed E-state index contributed by atoms with van der Waals surface area (Å²) in [6.07, 6.45) is 6.62. The minimum Gasteiger partial charge on any atom is -0.295 e. The van der Waals surface area contributed by atoms with E-state index in [1.54, 1.807) is 0 Å². The van der Waals surface area contributed by atoms with Crippen molar-refractivity contribution in [3.63, 3.8) is 0 Å². The van der Waals surface area contributed by atoms with Crippen LogP contribution in [-0.2, 0) is 4.79 Å². The van der Waals surface area contributed by atoms with Crippen molar-refractivity contribution in [3.8, 4) is 0 Å². The van der Waals surface area contributed by atoms with Gasteiger partial charge < -0.3 is 0 Å². The third-order valence-electron chi connectivity index (χ3n) is 4.11. The molecule has 0 aromatic heterocycles. The zero-order chi connectivity index (χ0) is 11.7. The Labute approximate surface area is 103 Å². The third-order valence-corrected chi connectivity index (χ3v) is 4.11. The van der Waals surface area contributed by atoms with E-state index in [1.807, 2.05) is 6.07 Å². The van der Waals surface area contributed by atoms with Crippen LogP contribution in [0, 0.1) is 0 Å². The van der Waals surface area contributed by atoms with E-state index in [2.05, 4.69) is 24.3 Å². The molecule has 1 unspecified atom stereocenters. The number of carbonyl (C=O) groups is 1. The van der Waals surface area contributed by atoms with Crippen molar-refractivity contribution in [2.75, 3.05) is 0 Å². The first-order chi connectivity index (χ1) is 8.36. The van der Waals surface area contributed by atoms with Crippen LogP contribution in [0.2, 0.25) is 0 Å². The molecule has 1 aromatic carbocycles. The average Bonchev–Trinajstić information content (AvgIpc) is 2.57. The summed E-state index contributed by atoms with van der Waals surface area (Å²) in [7, 11) is 0. The SMILES string of the molecule is O=C1CC(c2ccccc2)C2=C1CCCCC2. The van der Waals surface area contributed by atoms with Gasteiger partial charge in [-0.2, -0.15) is 0 Å². The summed E-state index contributed by atoms with van der Waals surface area (Å²) in [6, 6.07) is 10.5. The molecule has 1 nitrogen and oxygen atoms in total. The Balaban J connectivity index is 1.97. The van der Waals surface area contributed by atoms with Crippen molar-refractivity contribution in [1.29, 1.82) is 0 Å². The predicted molar refractivity (Wildman–Crippen MR) is 68.9 cm³/mol. The molecule has 0 bridgehead atoms. The van der Waals surface area contributed by atoms with Crippen LogP contribution < -0.4 is 0 Å². The van der Waals surface area contributed by atoms with Gasteiger partial charge in [-0.15, -0.1) is 0 Å². The molecule has 0 saturated heterocycles. The largest absolute Gasteiger partial charge is 0.295 e. The summed E-state index contributed by atoms with van der Waals surface area (Å²) in [5, 5.41) is 0. The van der Waals surface area contributed by atoms with E-state index in [-0.39, 0.29) is 0 Å². The Bertz CT molecular complexity index is 456. The highest BCUT2D eigenvalue weighted by molar-refractivity contribution is 6.00. The Hall–Kier alpha value is -1.37. The molecule has 0 spiro atoms. The number of hydrogen-bond donors (Lipinski definition) is 0. The molecule has 0 saturated carbocycles. The lowest BCUT2D eigenvalue weighted by Crippen LogP contribution is -2.00. The normalized spacial score (nSPS) is 24.7. The number of Topliss-reactive ketones (excluding diaryl/α,β-unsaturated/α-hetero) is 1. The lowest BCUT2D eigenvalue weighted by atomic mass is 9.90. The van der Waals surface area contributed by atoms with Crippen molar-refractivity contribution in [2.24, 2.45) is 0 Å². The summed E-state index contributed by atoms with van der Waals surface area (Å²) in [5.74, 6) is 0.799. The van der Waals surface area contributed by atoms with Crippen LogP contribution in [0.25, 0.3) is 0 Å². The molecule has 2 aliphatic rings. The number of hydrogen-bond acceptors (Lipinski definition) is 1. The van der Waals surface area contributed by atoms with Gasteiger partial charge in [0.15, 0.2) is 5.78 Å². The highest BCUT2D eigenvalue weighted by Crippen LogP contribution is 2.43. The fourth-order valence-corrected chi connectivity index (χ4v) is 3.24. The number of ketones is 1. The number of allylic oxidation sites excluding steroid dienone is 2. The van der Waals surface area contributed by atoms with Gasteiger partial charge in [0.05, 0.1) is 0 Å². The molecule has 0 aliphatic heterocycles. The fourth-order valence-electron chi connectivity index (χ4n) is 3.24. The molecule has 0 amide bonds. The first-order valence-electron chi connectivity index (χ1n) is 6.66. The van der Waals surface area contributed by atoms with Gasteiger partial charge in [-0.05, 0) is 36.8 Å². The van der Waals surface area contributed by atoms with Crippen LogP contribution in [0.4, 0.5) is 0 Å². The summed E-state index contributed by atoms with van der Waals surface area (Å²) in [5.41, 5.74) is 3.96. The van der Waals surface area contributed by atoms with Crippen LogP contribution in [-0.4, -0.2) is 5.78 Å². The second kappa shape index (κ2) is 4.48. The van der Waals surface area contributed by atoms with E-state index in [1.165, 1.54) is 36.0 Å².